The van der Waals surface area contributed by atoms with Crippen molar-refractivity contribution in [3.8, 4) is 0 Å². The number of rotatable bonds is 3. The molecule has 74 valence electrons. The molecule has 1 rings (SSSR count). The number of esters is 1. The molecule has 4 nitrogen and oxygen atoms in total. The fourth-order valence-electron chi connectivity index (χ4n) is 1.68. The van der Waals surface area contributed by atoms with Gasteiger partial charge in [0.25, 0.3) is 0 Å². The highest BCUT2D eigenvalue weighted by Gasteiger charge is 2.66. The summed E-state index contributed by atoms with van der Waals surface area (Å²) >= 11 is 5.20. The summed E-state index contributed by atoms with van der Waals surface area (Å²) in [5.41, 5.74) is -0.505. The molecule has 0 aliphatic heterocycles. The summed E-state index contributed by atoms with van der Waals surface area (Å²) in [4.78, 5) is 21.8. The van der Waals surface area contributed by atoms with Gasteiger partial charge in [0.05, 0.1) is 11.8 Å². The number of carboxylic acid groups (broad SMARTS) is 1. The van der Waals surface area contributed by atoms with E-state index in [2.05, 4.69) is 4.74 Å². The van der Waals surface area contributed by atoms with Gasteiger partial charge in [-0.2, -0.15) is 0 Å². The molecule has 1 aliphatic rings. The van der Waals surface area contributed by atoms with E-state index in [0.717, 1.165) is 0 Å². The number of carbonyl (C=O) groups excluding carboxylic acids is 1. The van der Waals surface area contributed by atoms with Crippen LogP contribution in [0.15, 0.2) is 0 Å². The maximum atomic E-state index is 11.2. The van der Waals surface area contributed by atoms with Crippen molar-refractivity contribution in [3.05, 3.63) is 0 Å². The van der Waals surface area contributed by atoms with Crippen molar-refractivity contribution in [3.63, 3.8) is 0 Å². The van der Waals surface area contributed by atoms with Crippen molar-refractivity contribution in [1.82, 2.24) is 0 Å². The number of hydrogen-bond acceptors (Lipinski definition) is 3. The van der Waals surface area contributed by atoms with Crippen LogP contribution >= 0.6 is 11.6 Å². The van der Waals surface area contributed by atoms with Gasteiger partial charge in [0.1, 0.15) is 0 Å². The topological polar surface area (TPSA) is 63.6 Å². The van der Waals surface area contributed by atoms with Gasteiger partial charge in [-0.3, -0.25) is 9.59 Å². The Hall–Kier alpha value is -0.770. The Labute approximate surface area is 80.8 Å². The van der Waals surface area contributed by atoms with E-state index < -0.39 is 29.2 Å². The predicted molar refractivity (Wildman–Crippen MR) is 45.2 cm³/mol. The third kappa shape index (κ3) is 1.63. The van der Waals surface area contributed by atoms with Crippen LogP contribution in [0.5, 0.6) is 0 Å². The van der Waals surface area contributed by atoms with Crippen LogP contribution in [-0.4, -0.2) is 23.1 Å². The van der Waals surface area contributed by atoms with Gasteiger partial charge in [-0.25, -0.2) is 0 Å². The van der Waals surface area contributed by atoms with E-state index in [1.807, 2.05) is 0 Å². The molecule has 0 spiro atoms. The molecule has 0 aromatic heterocycles. The first-order valence-electron chi connectivity index (χ1n) is 3.88. The second kappa shape index (κ2) is 3.18. The maximum Gasteiger partial charge on any atom is 0.311 e. The first-order chi connectivity index (χ1) is 5.92. The van der Waals surface area contributed by atoms with Gasteiger partial charge in [-0.15, -0.1) is 0 Å². The van der Waals surface area contributed by atoms with Gasteiger partial charge in [0.2, 0.25) is 0 Å². The van der Waals surface area contributed by atoms with E-state index in [9.17, 15) is 9.59 Å². The van der Waals surface area contributed by atoms with Crippen molar-refractivity contribution in [1.29, 1.82) is 0 Å². The fraction of sp³-hybridized carbons (Fsp3) is 0.750. The SMILES string of the molecule is CC1(C)C(C(=O)O)C1C(=O)OCCl. The zero-order valence-electron chi connectivity index (χ0n) is 7.41. The minimum atomic E-state index is -0.957. The molecular formula is C8H11ClO4. The normalized spacial score (nSPS) is 29.5. The first kappa shape index (κ1) is 10.3. The van der Waals surface area contributed by atoms with Crippen LogP contribution in [0.25, 0.3) is 0 Å². The van der Waals surface area contributed by atoms with Crippen LogP contribution in [-0.2, 0) is 14.3 Å². The number of aliphatic carboxylic acids is 1. The van der Waals surface area contributed by atoms with Crippen LogP contribution in [0.4, 0.5) is 0 Å². The molecule has 0 bridgehead atoms. The molecule has 1 saturated carbocycles. The van der Waals surface area contributed by atoms with E-state index in [4.69, 9.17) is 16.7 Å². The molecule has 0 saturated heterocycles. The molecule has 1 aliphatic carbocycles. The molecule has 0 aromatic rings. The van der Waals surface area contributed by atoms with Crippen molar-refractivity contribution < 1.29 is 19.4 Å². The van der Waals surface area contributed by atoms with Gasteiger partial charge in [0.15, 0.2) is 6.07 Å². The Kier molecular flexibility index (Phi) is 2.52. The number of carbonyl (C=O) groups is 2. The van der Waals surface area contributed by atoms with Crippen molar-refractivity contribution in [2.24, 2.45) is 17.3 Å². The van der Waals surface area contributed by atoms with Gasteiger partial charge < -0.3 is 9.84 Å². The highest BCUT2D eigenvalue weighted by Crippen LogP contribution is 2.58. The lowest BCUT2D eigenvalue weighted by atomic mass is 10.1. The van der Waals surface area contributed by atoms with Crippen LogP contribution in [0.1, 0.15) is 13.8 Å². The summed E-state index contributed by atoms with van der Waals surface area (Å²) in [6.07, 6.45) is 0. The summed E-state index contributed by atoms with van der Waals surface area (Å²) in [7, 11) is 0. The van der Waals surface area contributed by atoms with Gasteiger partial charge in [-0.05, 0) is 5.41 Å². The quantitative estimate of drug-likeness (QED) is 0.555. The van der Waals surface area contributed by atoms with E-state index >= 15 is 0 Å². The van der Waals surface area contributed by atoms with E-state index in [-0.39, 0.29) is 6.07 Å². The number of alkyl halides is 1. The molecule has 0 aromatic carbocycles. The molecule has 2 unspecified atom stereocenters. The maximum absolute atomic E-state index is 11.2. The Morgan fingerprint density at radius 2 is 2.00 bits per heavy atom. The van der Waals surface area contributed by atoms with Crippen molar-refractivity contribution >= 4 is 23.5 Å². The van der Waals surface area contributed by atoms with Gasteiger partial charge >= 0.3 is 11.9 Å². The fourth-order valence-corrected chi connectivity index (χ4v) is 1.79. The van der Waals surface area contributed by atoms with E-state index in [1.54, 1.807) is 13.8 Å². The molecule has 1 N–H and O–H groups in total. The summed E-state index contributed by atoms with van der Waals surface area (Å²) in [6, 6.07) is -0.224. The van der Waals surface area contributed by atoms with Gasteiger partial charge in [-0.1, -0.05) is 25.4 Å². The number of ether oxygens (including phenoxy) is 1. The van der Waals surface area contributed by atoms with Gasteiger partial charge in [0, 0.05) is 0 Å². The Morgan fingerprint density at radius 3 is 2.31 bits per heavy atom. The number of carboxylic acids is 1. The number of halogens is 1. The number of hydrogen-bond donors (Lipinski definition) is 1. The lowest BCUT2D eigenvalue weighted by molar-refractivity contribution is -0.147. The highest BCUT2D eigenvalue weighted by molar-refractivity contribution is 6.17. The molecule has 0 heterocycles. The largest absolute Gasteiger partial charge is 0.481 e. The monoisotopic (exact) mass is 206 g/mol. The third-order valence-corrected chi connectivity index (χ3v) is 2.65. The highest BCUT2D eigenvalue weighted by atomic mass is 35.5. The zero-order chi connectivity index (χ0) is 10.2. The Bertz CT molecular complexity index is 249. The van der Waals surface area contributed by atoms with Crippen molar-refractivity contribution in [2.45, 2.75) is 13.8 Å². The summed E-state index contributed by atoms with van der Waals surface area (Å²) in [6.45, 7) is 3.46. The molecular weight excluding hydrogens is 196 g/mol. The third-order valence-electron chi connectivity index (χ3n) is 2.54. The minimum absolute atomic E-state index is 0.224. The van der Waals surface area contributed by atoms with Crippen LogP contribution in [0, 0.1) is 17.3 Å². The minimum Gasteiger partial charge on any atom is -0.481 e. The Morgan fingerprint density at radius 1 is 1.46 bits per heavy atom. The van der Waals surface area contributed by atoms with E-state index in [1.165, 1.54) is 0 Å². The van der Waals surface area contributed by atoms with Crippen LogP contribution in [0.2, 0.25) is 0 Å². The van der Waals surface area contributed by atoms with Crippen molar-refractivity contribution in [2.75, 3.05) is 6.07 Å². The second-order valence-corrected chi connectivity index (χ2v) is 3.91. The standard InChI is InChI=1S/C8H11ClO4/c1-8(2)4(6(10)11)5(8)7(12)13-3-9/h4-5H,3H2,1-2H3,(H,10,11). The average Bonchev–Trinajstić information content (AvgIpc) is 2.54. The average molecular weight is 207 g/mol. The lowest BCUT2D eigenvalue weighted by Gasteiger charge is -2.00. The summed E-state index contributed by atoms with van der Waals surface area (Å²) < 4.78 is 4.54. The zero-order valence-corrected chi connectivity index (χ0v) is 8.17. The molecule has 5 heteroatoms. The second-order valence-electron chi connectivity index (χ2n) is 3.69. The first-order valence-corrected chi connectivity index (χ1v) is 4.41. The molecule has 0 radical (unpaired) electrons. The molecule has 1 fully saturated rings. The van der Waals surface area contributed by atoms with E-state index in [0.29, 0.717) is 0 Å². The molecule has 2 atom stereocenters. The lowest BCUT2D eigenvalue weighted by Crippen LogP contribution is -2.10. The van der Waals surface area contributed by atoms with Crippen LogP contribution < -0.4 is 0 Å². The molecule has 0 amide bonds. The summed E-state index contributed by atoms with van der Waals surface area (Å²) in [5.74, 6) is -2.67. The molecule has 13 heavy (non-hydrogen) atoms. The van der Waals surface area contributed by atoms with Crippen LogP contribution in [0.3, 0.4) is 0 Å². The predicted octanol–water partition coefficient (Wildman–Crippen LogP) is 1.08. The smallest absolute Gasteiger partial charge is 0.311 e. The Balaban J connectivity index is 2.65. The summed E-state index contributed by atoms with van der Waals surface area (Å²) in [5, 5.41) is 8.74.